The Bertz CT molecular complexity index is 695. The third-order valence-corrected chi connectivity index (χ3v) is 4.52. The molecule has 0 saturated carbocycles. The van der Waals surface area contributed by atoms with Crippen LogP contribution >= 0.6 is 27.5 Å². The third kappa shape index (κ3) is 3.20. The van der Waals surface area contributed by atoms with E-state index in [0.29, 0.717) is 10.7 Å². The molecule has 0 heterocycles. The molecule has 0 amide bonds. The van der Waals surface area contributed by atoms with Gasteiger partial charge in [-0.25, -0.2) is 4.39 Å². The molecule has 2 aromatic rings. The maximum absolute atomic E-state index is 14.4. The first-order chi connectivity index (χ1) is 9.95. The molecule has 0 N–H and O–H groups in total. The zero-order chi connectivity index (χ0) is 15.6. The summed E-state index contributed by atoms with van der Waals surface area (Å²) in [6, 6.07) is 12.6. The fourth-order valence-corrected chi connectivity index (χ4v) is 2.62. The molecule has 5 heteroatoms. The van der Waals surface area contributed by atoms with Crippen LogP contribution in [0.4, 0.5) is 10.1 Å². The summed E-state index contributed by atoms with van der Waals surface area (Å²) in [5, 5.41) is 9.58. The molecular weight excluding hydrogens is 355 g/mol. The maximum atomic E-state index is 14.4. The second-order valence-corrected chi connectivity index (χ2v) is 5.94. The minimum atomic E-state index is -0.433. The second-order valence-electron chi connectivity index (χ2n) is 4.71. The number of nitriles is 1. The maximum Gasteiger partial charge on any atom is 0.161 e. The van der Waals surface area contributed by atoms with Gasteiger partial charge in [0.2, 0.25) is 0 Å². The smallest absolute Gasteiger partial charge is 0.161 e. The number of benzene rings is 2. The van der Waals surface area contributed by atoms with Gasteiger partial charge in [-0.15, -0.1) is 0 Å². The summed E-state index contributed by atoms with van der Waals surface area (Å²) in [4.78, 5) is 1.82. The Hall–Kier alpha value is -1.57. The molecule has 0 spiro atoms. The lowest BCUT2D eigenvalue weighted by molar-refractivity contribution is 0.605. The van der Waals surface area contributed by atoms with Gasteiger partial charge in [0.15, 0.2) is 5.82 Å². The van der Waals surface area contributed by atoms with Gasteiger partial charge in [-0.05, 0) is 52.7 Å². The van der Waals surface area contributed by atoms with Crippen molar-refractivity contribution in [3.8, 4) is 6.07 Å². The van der Waals surface area contributed by atoms with E-state index in [0.717, 1.165) is 5.56 Å². The third-order valence-electron chi connectivity index (χ3n) is 3.50. The molecule has 1 atom stereocenters. The van der Waals surface area contributed by atoms with E-state index in [9.17, 15) is 4.39 Å². The number of rotatable bonds is 3. The first-order valence-electron chi connectivity index (χ1n) is 6.32. The minimum Gasteiger partial charge on any atom is -0.365 e. The highest BCUT2D eigenvalue weighted by Crippen LogP contribution is 2.33. The van der Waals surface area contributed by atoms with Gasteiger partial charge in [-0.3, -0.25) is 0 Å². The fraction of sp³-hybridized carbons (Fsp3) is 0.188. The van der Waals surface area contributed by atoms with E-state index in [-0.39, 0.29) is 16.1 Å². The lowest BCUT2D eigenvalue weighted by Crippen LogP contribution is -2.22. The van der Waals surface area contributed by atoms with Crippen LogP contribution in [0.2, 0.25) is 5.02 Å². The summed E-state index contributed by atoms with van der Waals surface area (Å²) in [5.74, 6) is -0.433. The van der Waals surface area contributed by atoms with E-state index in [1.807, 2.05) is 49.2 Å². The van der Waals surface area contributed by atoms with Crippen molar-refractivity contribution >= 4 is 33.2 Å². The van der Waals surface area contributed by atoms with E-state index in [1.54, 1.807) is 12.1 Å². The lowest BCUT2D eigenvalue weighted by Gasteiger charge is -2.28. The summed E-state index contributed by atoms with van der Waals surface area (Å²) in [7, 11) is 1.82. The van der Waals surface area contributed by atoms with Crippen molar-refractivity contribution in [2.24, 2.45) is 0 Å². The van der Waals surface area contributed by atoms with Gasteiger partial charge in [-0.2, -0.15) is 5.26 Å². The Morgan fingerprint density at radius 2 is 1.86 bits per heavy atom. The van der Waals surface area contributed by atoms with Gasteiger partial charge in [0.05, 0.1) is 21.8 Å². The summed E-state index contributed by atoms with van der Waals surface area (Å²) in [5.41, 5.74) is 1.74. The Balaban J connectivity index is 2.36. The summed E-state index contributed by atoms with van der Waals surface area (Å²) in [6.07, 6.45) is 0. The van der Waals surface area contributed by atoms with E-state index < -0.39 is 5.82 Å². The van der Waals surface area contributed by atoms with Crippen molar-refractivity contribution < 1.29 is 4.39 Å². The van der Waals surface area contributed by atoms with Crippen LogP contribution in [0, 0.1) is 17.1 Å². The number of anilines is 1. The number of hydrogen-bond acceptors (Lipinski definition) is 2. The van der Waals surface area contributed by atoms with Crippen LogP contribution in [0.5, 0.6) is 0 Å². The van der Waals surface area contributed by atoms with Crippen molar-refractivity contribution in [2.45, 2.75) is 13.0 Å². The molecule has 0 bridgehead atoms. The minimum absolute atomic E-state index is 0.0309. The van der Waals surface area contributed by atoms with Gasteiger partial charge >= 0.3 is 0 Å². The van der Waals surface area contributed by atoms with Crippen LogP contribution in [0.1, 0.15) is 24.1 Å². The Morgan fingerprint density at radius 3 is 2.43 bits per heavy atom. The molecular formula is C16H13BrClFN2. The molecule has 0 aliphatic heterocycles. The average molecular weight is 368 g/mol. The number of nitrogens with zero attached hydrogens (tertiary/aromatic N) is 2. The molecule has 2 rings (SSSR count). The van der Waals surface area contributed by atoms with Gasteiger partial charge in [0.1, 0.15) is 6.07 Å². The quantitative estimate of drug-likeness (QED) is 0.735. The predicted octanol–water partition coefficient (Wildman–Crippen LogP) is 5.31. The normalized spacial score (nSPS) is 11.8. The topological polar surface area (TPSA) is 27.0 Å². The van der Waals surface area contributed by atoms with Crippen LogP contribution in [-0.2, 0) is 0 Å². The van der Waals surface area contributed by atoms with Crippen LogP contribution < -0.4 is 4.90 Å². The Kier molecular flexibility index (Phi) is 4.87. The zero-order valence-electron chi connectivity index (χ0n) is 11.6. The van der Waals surface area contributed by atoms with Crippen molar-refractivity contribution in [3.05, 3.63) is 62.8 Å². The standard InChI is InChI=1S/C16H13BrClFN2/c1-10(11-3-6-13(18)7-4-11)21(2)14-8-5-12(9-20)15(17)16(14)19/h3-8,10H,1-2H3. The van der Waals surface area contributed by atoms with Gasteiger partial charge in [0.25, 0.3) is 0 Å². The van der Waals surface area contributed by atoms with Crippen molar-refractivity contribution in [2.75, 3.05) is 11.9 Å². The molecule has 0 saturated heterocycles. The molecule has 0 aromatic heterocycles. The van der Waals surface area contributed by atoms with E-state index in [4.69, 9.17) is 16.9 Å². The molecule has 2 aromatic carbocycles. The molecule has 0 aliphatic rings. The van der Waals surface area contributed by atoms with Crippen LogP contribution in [0.15, 0.2) is 40.9 Å². The summed E-state index contributed by atoms with van der Waals surface area (Å²) >= 11 is 9.01. The van der Waals surface area contributed by atoms with Crippen LogP contribution in [-0.4, -0.2) is 7.05 Å². The molecule has 0 radical (unpaired) electrons. The Labute approximate surface area is 136 Å². The predicted molar refractivity (Wildman–Crippen MR) is 87.1 cm³/mol. The highest BCUT2D eigenvalue weighted by atomic mass is 79.9. The SMILES string of the molecule is CC(c1ccc(Cl)cc1)N(C)c1ccc(C#N)c(Br)c1F. The van der Waals surface area contributed by atoms with Crippen LogP contribution in [0.3, 0.4) is 0 Å². The van der Waals surface area contributed by atoms with Gasteiger partial charge < -0.3 is 4.90 Å². The zero-order valence-corrected chi connectivity index (χ0v) is 13.9. The molecule has 2 nitrogen and oxygen atoms in total. The lowest BCUT2D eigenvalue weighted by atomic mass is 10.1. The molecule has 0 aliphatic carbocycles. The Morgan fingerprint density at radius 1 is 1.24 bits per heavy atom. The van der Waals surface area contributed by atoms with Crippen molar-refractivity contribution in [1.29, 1.82) is 5.26 Å². The van der Waals surface area contributed by atoms with Gasteiger partial charge in [0, 0.05) is 12.1 Å². The number of halogens is 3. The van der Waals surface area contributed by atoms with Crippen molar-refractivity contribution in [1.82, 2.24) is 0 Å². The molecule has 108 valence electrons. The monoisotopic (exact) mass is 366 g/mol. The molecule has 21 heavy (non-hydrogen) atoms. The summed E-state index contributed by atoms with van der Waals surface area (Å²) in [6.45, 7) is 1.98. The highest BCUT2D eigenvalue weighted by molar-refractivity contribution is 9.10. The number of hydrogen-bond donors (Lipinski definition) is 0. The van der Waals surface area contributed by atoms with Crippen LogP contribution in [0.25, 0.3) is 0 Å². The average Bonchev–Trinajstić information content (AvgIpc) is 2.49. The largest absolute Gasteiger partial charge is 0.365 e. The molecule has 0 fully saturated rings. The first-order valence-corrected chi connectivity index (χ1v) is 7.49. The first kappa shape index (κ1) is 15.8. The van der Waals surface area contributed by atoms with Gasteiger partial charge in [-0.1, -0.05) is 23.7 Å². The molecule has 1 unspecified atom stereocenters. The fourth-order valence-electron chi connectivity index (χ4n) is 2.07. The highest BCUT2D eigenvalue weighted by Gasteiger charge is 2.19. The van der Waals surface area contributed by atoms with Crippen molar-refractivity contribution in [3.63, 3.8) is 0 Å². The van der Waals surface area contributed by atoms with E-state index >= 15 is 0 Å². The van der Waals surface area contributed by atoms with E-state index in [1.165, 1.54) is 0 Å². The summed E-state index contributed by atoms with van der Waals surface area (Å²) < 4.78 is 14.6. The van der Waals surface area contributed by atoms with E-state index in [2.05, 4.69) is 15.9 Å². The second kappa shape index (κ2) is 6.46.